The van der Waals surface area contributed by atoms with Gasteiger partial charge in [-0.05, 0) is 19.9 Å². The van der Waals surface area contributed by atoms with Gasteiger partial charge >= 0.3 is 0 Å². The molecule has 0 bridgehead atoms. The van der Waals surface area contributed by atoms with Crippen molar-refractivity contribution in [1.82, 2.24) is 5.32 Å². The lowest BCUT2D eigenvalue weighted by Gasteiger charge is -2.11. The van der Waals surface area contributed by atoms with Crippen molar-refractivity contribution < 1.29 is 9.53 Å². The van der Waals surface area contributed by atoms with Crippen LogP contribution in [0.15, 0.2) is 24.3 Å². The molecular formula is C12H19ClN2O2. The van der Waals surface area contributed by atoms with E-state index in [4.69, 9.17) is 10.5 Å². The zero-order chi connectivity index (χ0) is 12.0. The Morgan fingerprint density at radius 1 is 1.47 bits per heavy atom. The molecule has 0 unspecified atom stereocenters. The van der Waals surface area contributed by atoms with Gasteiger partial charge in [-0.3, -0.25) is 4.79 Å². The van der Waals surface area contributed by atoms with Crippen LogP contribution in [0.2, 0.25) is 0 Å². The average molecular weight is 259 g/mol. The molecule has 3 N–H and O–H groups in total. The summed E-state index contributed by atoms with van der Waals surface area (Å²) in [4.78, 5) is 11.3. The summed E-state index contributed by atoms with van der Waals surface area (Å²) >= 11 is 0. The van der Waals surface area contributed by atoms with Crippen LogP contribution in [-0.4, -0.2) is 18.6 Å². The topological polar surface area (TPSA) is 64.3 Å². The van der Waals surface area contributed by atoms with Crippen LogP contribution >= 0.6 is 12.4 Å². The standard InChI is InChI=1S/C12H18N2O2.ClH/c1-3-16-11-7-5-4-6-10(11)8-14-12(15)9(2)13;/h4-7,9H,3,8,13H2,1-2H3,(H,14,15);1H/t9-;/m0./s1. The molecule has 0 saturated carbocycles. The monoisotopic (exact) mass is 258 g/mol. The van der Waals surface area contributed by atoms with Gasteiger partial charge in [0.2, 0.25) is 5.91 Å². The number of ether oxygens (including phenoxy) is 1. The molecule has 96 valence electrons. The minimum Gasteiger partial charge on any atom is -0.494 e. The van der Waals surface area contributed by atoms with Crippen molar-refractivity contribution in [3.63, 3.8) is 0 Å². The third kappa shape index (κ3) is 5.06. The van der Waals surface area contributed by atoms with Gasteiger partial charge in [0.15, 0.2) is 0 Å². The Hall–Kier alpha value is -1.26. The van der Waals surface area contributed by atoms with Crippen LogP contribution in [0.25, 0.3) is 0 Å². The Labute approximate surface area is 108 Å². The highest BCUT2D eigenvalue weighted by Gasteiger charge is 2.08. The highest BCUT2D eigenvalue weighted by atomic mass is 35.5. The summed E-state index contributed by atoms with van der Waals surface area (Å²) in [6.45, 7) is 4.63. The number of carbonyl (C=O) groups excluding carboxylic acids is 1. The van der Waals surface area contributed by atoms with Crippen molar-refractivity contribution in [2.24, 2.45) is 5.73 Å². The van der Waals surface area contributed by atoms with Gasteiger partial charge in [-0.25, -0.2) is 0 Å². The van der Waals surface area contributed by atoms with Gasteiger partial charge in [0.25, 0.3) is 0 Å². The lowest BCUT2D eigenvalue weighted by atomic mass is 10.2. The van der Waals surface area contributed by atoms with Crippen LogP contribution in [0.1, 0.15) is 19.4 Å². The van der Waals surface area contributed by atoms with E-state index >= 15 is 0 Å². The van der Waals surface area contributed by atoms with Crippen molar-refractivity contribution in [3.8, 4) is 5.75 Å². The first kappa shape index (κ1) is 15.7. The number of nitrogens with one attached hydrogen (secondary N) is 1. The SMILES string of the molecule is CCOc1ccccc1CNC(=O)[C@H](C)N.Cl. The molecule has 1 aromatic rings. The maximum Gasteiger partial charge on any atom is 0.236 e. The Morgan fingerprint density at radius 3 is 2.71 bits per heavy atom. The number of amides is 1. The van der Waals surface area contributed by atoms with Gasteiger partial charge in [0.1, 0.15) is 5.75 Å². The van der Waals surface area contributed by atoms with Crippen molar-refractivity contribution >= 4 is 18.3 Å². The zero-order valence-electron chi connectivity index (χ0n) is 10.1. The van der Waals surface area contributed by atoms with Gasteiger partial charge < -0.3 is 15.8 Å². The van der Waals surface area contributed by atoms with Crippen molar-refractivity contribution in [3.05, 3.63) is 29.8 Å². The fourth-order valence-corrected chi connectivity index (χ4v) is 1.29. The van der Waals surface area contributed by atoms with Gasteiger partial charge in [0, 0.05) is 12.1 Å². The molecule has 4 nitrogen and oxygen atoms in total. The summed E-state index contributed by atoms with van der Waals surface area (Å²) in [6, 6.07) is 7.14. The van der Waals surface area contributed by atoms with Crippen LogP contribution in [0.5, 0.6) is 5.75 Å². The molecule has 0 heterocycles. The molecular weight excluding hydrogens is 240 g/mol. The maximum absolute atomic E-state index is 11.3. The van der Waals surface area contributed by atoms with Crippen LogP contribution in [0.4, 0.5) is 0 Å². The number of carbonyl (C=O) groups is 1. The maximum atomic E-state index is 11.3. The first-order valence-electron chi connectivity index (χ1n) is 5.39. The van der Waals surface area contributed by atoms with E-state index < -0.39 is 6.04 Å². The van der Waals surface area contributed by atoms with Crippen LogP contribution in [0.3, 0.4) is 0 Å². The smallest absolute Gasteiger partial charge is 0.236 e. The number of nitrogens with two attached hydrogens (primary N) is 1. The molecule has 0 aliphatic heterocycles. The molecule has 1 amide bonds. The van der Waals surface area contributed by atoms with Gasteiger partial charge in [-0.15, -0.1) is 12.4 Å². The van der Waals surface area contributed by atoms with E-state index in [0.717, 1.165) is 11.3 Å². The Balaban J connectivity index is 0.00000256. The van der Waals surface area contributed by atoms with Gasteiger partial charge in [-0.2, -0.15) is 0 Å². The third-order valence-electron chi connectivity index (χ3n) is 2.14. The Kier molecular flexibility index (Phi) is 7.34. The molecule has 0 saturated heterocycles. The van der Waals surface area contributed by atoms with Crippen molar-refractivity contribution in [2.75, 3.05) is 6.61 Å². The number of hydrogen-bond donors (Lipinski definition) is 2. The van der Waals surface area contributed by atoms with Gasteiger partial charge in [-0.1, -0.05) is 18.2 Å². The Morgan fingerprint density at radius 2 is 2.12 bits per heavy atom. The van der Waals surface area contributed by atoms with E-state index in [1.54, 1.807) is 6.92 Å². The van der Waals surface area contributed by atoms with Crippen LogP contribution in [-0.2, 0) is 11.3 Å². The minimum absolute atomic E-state index is 0. The van der Waals surface area contributed by atoms with E-state index in [-0.39, 0.29) is 18.3 Å². The number of rotatable bonds is 5. The second-order valence-electron chi connectivity index (χ2n) is 3.55. The molecule has 0 aliphatic rings. The number of halogens is 1. The molecule has 1 atom stereocenters. The van der Waals surface area contributed by atoms with E-state index in [1.807, 2.05) is 31.2 Å². The molecule has 5 heteroatoms. The molecule has 0 radical (unpaired) electrons. The highest BCUT2D eigenvalue weighted by molar-refractivity contribution is 5.85. The quantitative estimate of drug-likeness (QED) is 0.841. The van der Waals surface area contributed by atoms with Crippen LogP contribution < -0.4 is 15.8 Å². The number of para-hydroxylation sites is 1. The Bertz CT molecular complexity index is 356. The molecule has 1 aromatic carbocycles. The fourth-order valence-electron chi connectivity index (χ4n) is 1.29. The molecule has 17 heavy (non-hydrogen) atoms. The normalized spacial score (nSPS) is 11.2. The second-order valence-corrected chi connectivity index (χ2v) is 3.55. The van der Waals surface area contributed by atoms with Crippen molar-refractivity contribution in [1.29, 1.82) is 0 Å². The lowest BCUT2D eigenvalue weighted by molar-refractivity contribution is -0.122. The summed E-state index contributed by atoms with van der Waals surface area (Å²) in [6.07, 6.45) is 0. The summed E-state index contributed by atoms with van der Waals surface area (Å²) < 4.78 is 5.45. The van der Waals surface area contributed by atoms with E-state index in [9.17, 15) is 4.79 Å². The first-order chi connectivity index (χ1) is 7.65. The predicted octanol–water partition coefficient (Wildman–Crippen LogP) is 1.47. The second kappa shape index (κ2) is 7.92. The predicted molar refractivity (Wildman–Crippen MR) is 70.4 cm³/mol. The minimum atomic E-state index is -0.487. The van der Waals surface area contributed by atoms with Crippen molar-refractivity contribution in [2.45, 2.75) is 26.4 Å². The molecule has 0 spiro atoms. The van der Waals surface area contributed by atoms with E-state index in [0.29, 0.717) is 13.2 Å². The molecule has 1 rings (SSSR count). The highest BCUT2D eigenvalue weighted by Crippen LogP contribution is 2.17. The van der Waals surface area contributed by atoms with E-state index in [2.05, 4.69) is 5.32 Å². The first-order valence-corrected chi connectivity index (χ1v) is 5.39. The molecule has 0 fully saturated rings. The molecule has 0 aromatic heterocycles. The van der Waals surface area contributed by atoms with Crippen LogP contribution in [0, 0.1) is 0 Å². The zero-order valence-corrected chi connectivity index (χ0v) is 10.9. The third-order valence-corrected chi connectivity index (χ3v) is 2.14. The summed E-state index contributed by atoms with van der Waals surface area (Å²) in [5, 5.41) is 2.75. The number of benzene rings is 1. The van der Waals surface area contributed by atoms with Gasteiger partial charge in [0.05, 0.1) is 12.6 Å². The molecule has 0 aliphatic carbocycles. The number of hydrogen-bond acceptors (Lipinski definition) is 3. The average Bonchev–Trinajstić information content (AvgIpc) is 2.27. The summed E-state index contributed by atoms with van der Waals surface area (Å²) in [5.74, 6) is 0.640. The fraction of sp³-hybridized carbons (Fsp3) is 0.417. The largest absolute Gasteiger partial charge is 0.494 e. The lowest BCUT2D eigenvalue weighted by Crippen LogP contribution is -2.37. The summed E-state index contributed by atoms with van der Waals surface area (Å²) in [5.41, 5.74) is 6.41. The summed E-state index contributed by atoms with van der Waals surface area (Å²) in [7, 11) is 0. The van der Waals surface area contributed by atoms with E-state index in [1.165, 1.54) is 0 Å².